The minimum atomic E-state index is -0.0829. The van der Waals surface area contributed by atoms with Crippen molar-refractivity contribution in [2.45, 2.75) is 32.7 Å². The monoisotopic (exact) mass is 317 g/mol. The van der Waals surface area contributed by atoms with E-state index >= 15 is 0 Å². The van der Waals surface area contributed by atoms with E-state index in [1.54, 1.807) is 0 Å². The lowest BCUT2D eigenvalue weighted by Crippen LogP contribution is -2.21. The van der Waals surface area contributed by atoms with Crippen molar-refractivity contribution in [1.29, 1.82) is 0 Å². The summed E-state index contributed by atoms with van der Waals surface area (Å²) in [6, 6.07) is 7.51. The summed E-state index contributed by atoms with van der Waals surface area (Å²) in [7, 11) is 0. The van der Waals surface area contributed by atoms with Crippen LogP contribution in [0.3, 0.4) is 0 Å². The maximum absolute atomic E-state index is 12.0. The average molecular weight is 318 g/mol. The molecule has 0 unspecified atom stereocenters. The molecule has 1 aromatic heterocycles. The van der Waals surface area contributed by atoms with Gasteiger partial charge in [0, 0.05) is 17.3 Å². The third-order valence-electron chi connectivity index (χ3n) is 3.34. The number of fused-ring (bicyclic) bond motifs is 1. The summed E-state index contributed by atoms with van der Waals surface area (Å²) in [6.07, 6.45) is 2.09. The lowest BCUT2D eigenvalue weighted by atomic mass is 10.1. The second-order valence-electron chi connectivity index (χ2n) is 5.13. The number of halogens is 1. The molecule has 0 bridgehead atoms. The van der Waals surface area contributed by atoms with Crippen LogP contribution in [-0.4, -0.2) is 26.4 Å². The molecule has 114 valence electrons. The second-order valence-corrected chi connectivity index (χ2v) is 5.56. The first-order valence-corrected chi connectivity index (χ1v) is 7.58. The van der Waals surface area contributed by atoms with Crippen LogP contribution in [0.2, 0.25) is 5.02 Å². The first-order chi connectivity index (χ1) is 10.7. The molecule has 0 spiro atoms. The highest BCUT2D eigenvalue weighted by Gasteiger charge is 2.22. The van der Waals surface area contributed by atoms with Gasteiger partial charge in [-0.15, -0.1) is 5.10 Å². The minimum Gasteiger partial charge on any atom is -0.349 e. The Balaban J connectivity index is 1.73. The fourth-order valence-corrected chi connectivity index (χ4v) is 2.39. The first kappa shape index (κ1) is 14.7. The van der Waals surface area contributed by atoms with Crippen LogP contribution in [0, 0.1) is 0 Å². The van der Waals surface area contributed by atoms with Crippen LogP contribution >= 0.6 is 11.6 Å². The zero-order valence-corrected chi connectivity index (χ0v) is 13.0. The summed E-state index contributed by atoms with van der Waals surface area (Å²) in [5.41, 5.74) is 1.93. The Morgan fingerprint density at radius 1 is 1.32 bits per heavy atom. The lowest BCUT2D eigenvalue weighted by Gasteiger charge is -2.09. The molecular weight excluding hydrogens is 302 g/mol. The van der Waals surface area contributed by atoms with Gasteiger partial charge in [-0.05, 0) is 24.1 Å². The van der Waals surface area contributed by atoms with E-state index in [2.05, 4.69) is 27.3 Å². The summed E-state index contributed by atoms with van der Waals surface area (Å²) in [6.45, 7) is 2.62. The number of aliphatic imine (C=N–C) groups is 1. The molecular formula is C15H16ClN5O. The Labute approximate surface area is 133 Å². The highest BCUT2D eigenvalue weighted by Crippen LogP contribution is 2.20. The molecule has 1 aliphatic heterocycles. The third-order valence-corrected chi connectivity index (χ3v) is 3.59. The molecule has 22 heavy (non-hydrogen) atoms. The molecule has 0 amide bonds. The van der Waals surface area contributed by atoms with Gasteiger partial charge in [0.2, 0.25) is 5.95 Å². The van der Waals surface area contributed by atoms with Crippen LogP contribution in [0.25, 0.3) is 0 Å². The van der Waals surface area contributed by atoms with Gasteiger partial charge in [0.15, 0.2) is 0 Å². The van der Waals surface area contributed by atoms with E-state index in [0.717, 1.165) is 24.1 Å². The van der Waals surface area contributed by atoms with E-state index in [-0.39, 0.29) is 5.91 Å². The number of rotatable bonds is 5. The van der Waals surface area contributed by atoms with Gasteiger partial charge < -0.3 is 5.32 Å². The Kier molecular flexibility index (Phi) is 4.20. The number of benzene rings is 1. The molecule has 2 aromatic rings. The molecule has 0 aliphatic carbocycles. The van der Waals surface area contributed by atoms with Crippen molar-refractivity contribution in [3.8, 4) is 0 Å². The van der Waals surface area contributed by atoms with Crippen molar-refractivity contribution in [3.05, 3.63) is 34.9 Å². The molecule has 1 N–H and O–H groups in total. The van der Waals surface area contributed by atoms with Gasteiger partial charge >= 0.3 is 0 Å². The predicted octanol–water partition coefficient (Wildman–Crippen LogP) is 3.46. The zero-order valence-electron chi connectivity index (χ0n) is 12.2. The standard InChI is InChI=1S/C15H16ClN5O/c1-2-3-12-8-13(22)21-15(18-12)19-14(20-21)17-9-10-4-6-11(16)7-5-10/h4-7H,2-3,8-9H2,1H3,(H,17,20). The number of carbonyl (C=O) groups excluding carboxylic acids is 1. The molecule has 0 radical (unpaired) electrons. The SMILES string of the molecule is CCCC1=Nc2nc(NCc3ccc(Cl)cc3)nn2C(=O)C1. The fraction of sp³-hybridized carbons (Fsp3) is 0.333. The third kappa shape index (κ3) is 3.17. The highest BCUT2D eigenvalue weighted by atomic mass is 35.5. The van der Waals surface area contributed by atoms with Gasteiger partial charge in [-0.25, -0.2) is 4.99 Å². The van der Waals surface area contributed by atoms with Crippen LogP contribution in [0.1, 0.15) is 36.5 Å². The van der Waals surface area contributed by atoms with Gasteiger partial charge in [-0.2, -0.15) is 9.67 Å². The number of carbonyl (C=O) groups is 1. The smallest absolute Gasteiger partial charge is 0.257 e. The van der Waals surface area contributed by atoms with Crippen molar-refractivity contribution in [1.82, 2.24) is 14.8 Å². The quantitative estimate of drug-likeness (QED) is 0.916. The van der Waals surface area contributed by atoms with E-state index < -0.39 is 0 Å². The van der Waals surface area contributed by atoms with Gasteiger partial charge in [0.1, 0.15) is 0 Å². The minimum absolute atomic E-state index is 0.0829. The van der Waals surface area contributed by atoms with Crippen molar-refractivity contribution in [2.75, 3.05) is 5.32 Å². The predicted molar refractivity (Wildman–Crippen MR) is 86.0 cm³/mol. The van der Waals surface area contributed by atoms with Crippen molar-refractivity contribution >= 4 is 35.1 Å². The van der Waals surface area contributed by atoms with Crippen molar-refractivity contribution in [2.24, 2.45) is 4.99 Å². The van der Waals surface area contributed by atoms with E-state index in [0.29, 0.717) is 29.9 Å². The van der Waals surface area contributed by atoms with Crippen molar-refractivity contribution in [3.63, 3.8) is 0 Å². The Morgan fingerprint density at radius 2 is 2.09 bits per heavy atom. The summed E-state index contributed by atoms with van der Waals surface area (Å²) in [4.78, 5) is 20.7. The maximum Gasteiger partial charge on any atom is 0.257 e. The average Bonchev–Trinajstić information content (AvgIpc) is 2.91. The summed E-state index contributed by atoms with van der Waals surface area (Å²) in [5, 5.41) is 7.97. The molecule has 0 fully saturated rings. The molecule has 2 heterocycles. The van der Waals surface area contributed by atoms with E-state index in [1.165, 1.54) is 4.68 Å². The molecule has 0 saturated carbocycles. The number of aromatic nitrogens is 3. The molecule has 7 heteroatoms. The van der Waals surface area contributed by atoms with Crippen LogP contribution in [0.5, 0.6) is 0 Å². The maximum atomic E-state index is 12.0. The van der Waals surface area contributed by atoms with E-state index in [1.807, 2.05) is 24.3 Å². The molecule has 1 aliphatic rings. The number of hydrogen-bond donors (Lipinski definition) is 1. The van der Waals surface area contributed by atoms with Gasteiger partial charge in [0.25, 0.3) is 11.9 Å². The Hall–Kier alpha value is -2.21. The molecule has 0 atom stereocenters. The van der Waals surface area contributed by atoms with Crippen LogP contribution in [-0.2, 0) is 6.54 Å². The topological polar surface area (TPSA) is 72.2 Å². The largest absolute Gasteiger partial charge is 0.349 e. The fourth-order valence-electron chi connectivity index (χ4n) is 2.27. The highest BCUT2D eigenvalue weighted by molar-refractivity contribution is 6.30. The number of anilines is 1. The lowest BCUT2D eigenvalue weighted by molar-refractivity contribution is 0.0905. The summed E-state index contributed by atoms with van der Waals surface area (Å²) in [5.74, 6) is 0.679. The normalized spacial score (nSPS) is 13.7. The van der Waals surface area contributed by atoms with Gasteiger partial charge in [0.05, 0.1) is 6.42 Å². The van der Waals surface area contributed by atoms with Gasteiger partial charge in [-0.1, -0.05) is 37.1 Å². The van der Waals surface area contributed by atoms with Crippen molar-refractivity contribution < 1.29 is 4.79 Å². The van der Waals surface area contributed by atoms with E-state index in [9.17, 15) is 4.79 Å². The molecule has 6 nitrogen and oxygen atoms in total. The Bertz CT molecular complexity index is 720. The second kappa shape index (κ2) is 6.27. The molecule has 3 rings (SSSR count). The number of nitrogens with one attached hydrogen (secondary N) is 1. The van der Waals surface area contributed by atoms with Gasteiger partial charge in [-0.3, -0.25) is 4.79 Å². The zero-order chi connectivity index (χ0) is 15.5. The van der Waals surface area contributed by atoms with Crippen LogP contribution in [0.15, 0.2) is 29.3 Å². The molecule has 0 saturated heterocycles. The van der Waals surface area contributed by atoms with E-state index in [4.69, 9.17) is 11.6 Å². The van der Waals surface area contributed by atoms with Crippen LogP contribution < -0.4 is 5.32 Å². The first-order valence-electron chi connectivity index (χ1n) is 7.20. The molecule has 1 aromatic carbocycles. The Morgan fingerprint density at radius 3 is 2.82 bits per heavy atom. The summed E-state index contributed by atoms with van der Waals surface area (Å²) < 4.78 is 1.27. The summed E-state index contributed by atoms with van der Waals surface area (Å²) >= 11 is 5.85. The number of hydrogen-bond acceptors (Lipinski definition) is 5. The van der Waals surface area contributed by atoms with Crippen LogP contribution in [0.4, 0.5) is 11.9 Å². The number of nitrogens with zero attached hydrogens (tertiary/aromatic N) is 4.